The van der Waals surface area contributed by atoms with Crippen molar-refractivity contribution in [3.05, 3.63) is 0 Å². The van der Waals surface area contributed by atoms with Gasteiger partial charge in [-0.05, 0) is 30.6 Å². The van der Waals surface area contributed by atoms with Gasteiger partial charge in [-0.2, -0.15) is 0 Å². The number of aliphatic carboxylic acids is 1. The van der Waals surface area contributed by atoms with Gasteiger partial charge in [0.15, 0.2) is 0 Å². The molecule has 0 aliphatic carbocycles. The molecule has 0 radical (unpaired) electrons. The minimum Gasteiger partial charge on any atom is -0.544 e. The second kappa shape index (κ2) is 8.70. The number of terminal acetylenes is 1. The summed E-state index contributed by atoms with van der Waals surface area (Å²) in [4.78, 5) is 9.89. The average molecular weight is 205 g/mol. The maximum absolute atomic E-state index is 9.89. The van der Waals surface area contributed by atoms with Crippen LogP contribution in [0.2, 0.25) is 0 Å². The van der Waals surface area contributed by atoms with Crippen molar-refractivity contribution in [1.29, 1.82) is 0 Å². The molecule has 0 saturated heterocycles. The molecule has 0 aromatic heterocycles. The summed E-state index contributed by atoms with van der Waals surface area (Å²) in [7, 11) is 5.40. The predicted octanol–water partition coefficient (Wildman–Crippen LogP) is -0.911. The molecule has 0 aromatic rings. The van der Waals surface area contributed by atoms with Crippen molar-refractivity contribution in [3.8, 4) is 36.0 Å². The fourth-order valence-electron chi connectivity index (χ4n) is 0.517. The van der Waals surface area contributed by atoms with Gasteiger partial charge in [0, 0.05) is 0 Å². The zero-order valence-corrected chi connectivity index (χ0v) is 9.55. The molecule has 0 rings (SSSR count). The molecule has 0 spiro atoms. The van der Waals surface area contributed by atoms with Gasteiger partial charge in [-0.3, -0.25) is 0 Å². The van der Waals surface area contributed by atoms with Crippen molar-refractivity contribution < 1.29 is 14.4 Å². The van der Waals surface area contributed by atoms with Crippen LogP contribution in [0.4, 0.5) is 0 Å². The van der Waals surface area contributed by atoms with E-state index in [1.54, 1.807) is 28.1 Å². The summed E-state index contributed by atoms with van der Waals surface area (Å²) in [5, 5.41) is 9.89. The Morgan fingerprint density at radius 1 is 1.27 bits per heavy atom. The summed E-state index contributed by atoms with van der Waals surface area (Å²) in [6.45, 7) is 1.78. The standard InChI is InChI=1S/C7H4.C5H11NO2/c1-3-5-7-6-4-2;1-6(2,3)4-5(7)8/h1H,2H3;4H2,1-3H3. The van der Waals surface area contributed by atoms with Crippen molar-refractivity contribution in [2.45, 2.75) is 6.92 Å². The summed E-state index contributed by atoms with van der Waals surface area (Å²) in [6.07, 6.45) is 4.78. The molecule has 0 fully saturated rings. The minimum atomic E-state index is -1.00. The minimum absolute atomic E-state index is 0.0694. The molecule has 0 atom stereocenters. The third kappa shape index (κ3) is 24.5. The molecule has 0 heterocycles. The third-order valence-corrected chi connectivity index (χ3v) is 0.926. The van der Waals surface area contributed by atoms with E-state index in [-0.39, 0.29) is 6.54 Å². The van der Waals surface area contributed by atoms with Crippen LogP contribution in [0.5, 0.6) is 0 Å². The Morgan fingerprint density at radius 3 is 2.00 bits per heavy atom. The topological polar surface area (TPSA) is 40.1 Å². The maximum atomic E-state index is 9.89. The first-order chi connectivity index (χ1) is 6.83. The van der Waals surface area contributed by atoms with E-state index in [4.69, 9.17) is 6.42 Å². The number of hydrogen-bond acceptors (Lipinski definition) is 2. The Kier molecular flexibility index (Phi) is 9.03. The molecule has 0 saturated carbocycles. The summed E-state index contributed by atoms with van der Waals surface area (Å²) in [6, 6.07) is 0. The Hall–Kier alpha value is -1.89. The van der Waals surface area contributed by atoms with Gasteiger partial charge >= 0.3 is 0 Å². The molecule has 3 nitrogen and oxygen atoms in total. The van der Waals surface area contributed by atoms with Gasteiger partial charge in [0.2, 0.25) is 0 Å². The number of hydrogen-bond donors (Lipinski definition) is 0. The monoisotopic (exact) mass is 205 g/mol. The van der Waals surface area contributed by atoms with E-state index in [0.717, 1.165) is 0 Å². The van der Waals surface area contributed by atoms with Gasteiger partial charge in [-0.1, -0.05) is 5.92 Å². The first-order valence-electron chi connectivity index (χ1n) is 4.21. The van der Waals surface area contributed by atoms with Crippen LogP contribution in [0.15, 0.2) is 0 Å². The lowest BCUT2D eigenvalue weighted by molar-refractivity contribution is -0.864. The number of carboxylic acids is 1. The van der Waals surface area contributed by atoms with Crippen molar-refractivity contribution in [1.82, 2.24) is 0 Å². The lowest BCUT2D eigenvalue weighted by atomic mass is 10.5. The normalized spacial score (nSPS) is 7.67. The van der Waals surface area contributed by atoms with Gasteiger partial charge in [0.25, 0.3) is 0 Å². The Morgan fingerprint density at radius 2 is 1.80 bits per heavy atom. The van der Waals surface area contributed by atoms with Crippen LogP contribution in [-0.2, 0) is 4.79 Å². The number of carboxylic acid groups (broad SMARTS) is 1. The summed E-state index contributed by atoms with van der Waals surface area (Å²) in [5.74, 6) is 11.0. The van der Waals surface area contributed by atoms with Gasteiger partial charge in [0.1, 0.15) is 6.54 Å². The van der Waals surface area contributed by atoms with E-state index in [9.17, 15) is 9.90 Å². The summed E-state index contributed by atoms with van der Waals surface area (Å²) < 4.78 is 0.419. The molecule has 0 amide bonds. The van der Waals surface area contributed by atoms with Gasteiger partial charge in [0.05, 0.1) is 27.1 Å². The first kappa shape index (κ1) is 15.6. The first-order valence-corrected chi connectivity index (χ1v) is 4.21. The smallest absolute Gasteiger partial charge is 0.118 e. The largest absolute Gasteiger partial charge is 0.544 e. The van der Waals surface area contributed by atoms with Gasteiger partial charge < -0.3 is 14.4 Å². The Bertz CT molecular complexity index is 348. The molecule has 3 heteroatoms. The van der Waals surface area contributed by atoms with E-state index in [1.165, 1.54) is 0 Å². The highest BCUT2D eigenvalue weighted by Crippen LogP contribution is 1.84. The van der Waals surface area contributed by atoms with Crippen LogP contribution < -0.4 is 5.11 Å². The van der Waals surface area contributed by atoms with Crippen LogP contribution in [0.1, 0.15) is 6.92 Å². The van der Waals surface area contributed by atoms with Crippen molar-refractivity contribution >= 4 is 5.97 Å². The maximum Gasteiger partial charge on any atom is 0.118 e. The quantitative estimate of drug-likeness (QED) is 0.432. The molecule has 0 unspecified atom stereocenters. The third-order valence-electron chi connectivity index (χ3n) is 0.926. The lowest BCUT2D eigenvalue weighted by Crippen LogP contribution is -2.45. The van der Waals surface area contributed by atoms with E-state index >= 15 is 0 Å². The number of likely N-dealkylation sites (N-methyl/N-ethyl adjacent to an activating group) is 1. The van der Waals surface area contributed by atoms with E-state index < -0.39 is 5.97 Å². The summed E-state index contributed by atoms with van der Waals surface area (Å²) in [5.41, 5.74) is 0. The van der Waals surface area contributed by atoms with Crippen molar-refractivity contribution in [2.24, 2.45) is 0 Å². The summed E-state index contributed by atoms with van der Waals surface area (Å²) >= 11 is 0. The highest BCUT2D eigenvalue weighted by molar-refractivity contribution is 5.65. The molecule has 0 aromatic carbocycles. The van der Waals surface area contributed by atoms with Crippen LogP contribution >= 0.6 is 0 Å². The fraction of sp³-hybridized carbons (Fsp3) is 0.417. The molecular formula is C12H15NO2. The SMILES string of the molecule is C#CC#CC#CC.C[N+](C)(C)CC(=O)[O-]. The molecule has 0 bridgehead atoms. The van der Waals surface area contributed by atoms with Crippen molar-refractivity contribution in [3.63, 3.8) is 0 Å². The fourth-order valence-corrected chi connectivity index (χ4v) is 0.517. The molecule has 80 valence electrons. The molecule has 15 heavy (non-hydrogen) atoms. The second-order valence-electron chi connectivity index (χ2n) is 3.59. The average Bonchev–Trinajstić information content (AvgIpc) is 2.01. The Labute approximate surface area is 91.7 Å². The number of carbonyl (C=O) groups is 1. The molecule has 0 aliphatic heterocycles. The highest BCUT2D eigenvalue weighted by atomic mass is 16.4. The predicted molar refractivity (Wildman–Crippen MR) is 58.0 cm³/mol. The van der Waals surface area contributed by atoms with Crippen LogP contribution in [0, 0.1) is 36.0 Å². The highest BCUT2D eigenvalue weighted by Gasteiger charge is 2.04. The zero-order chi connectivity index (χ0) is 12.3. The van der Waals surface area contributed by atoms with Crippen molar-refractivity contribution in [2.75, 3.05) is 27.7 Å². The zero-order valence-electron chi connectivity index (χ0n) is 9.55. The number of quaternary nitrogens is 1. The Balaban J connectivity index is 0. The number of carbonyl (C=O) groups excluding carboxylic acids is 1. The van der Waals surface area contributed by atoms with E-state index in [1.807, 2.05) is 0 Å². The molecular weight excluding hydrogens is 190 g/mol. The van der Waals surface area contributed by atoms with Gasteiger partial charge in [-0.15, -0.1) is 6.42 Å². The second-order valence-corrected chi connectivity index (χ2v) is 3.59. The molecule has 0 N–H and O–H groups in total. The van der Waals surface area contributed by atoms with Crippen LogP contribution in [0.25, 0.3) is 0 Å². The lowest BCUT2D eigenvalue weighted by Gasteiger charge is -2.23. The number of nitrogens with zero attached hydrogens (tertiary/aromatic N) is 1. The van der Waals surface area contributed by atoms with E-state index in [2.05, 4.69) is 29.6 Å². The van der Waals surface area contributed by atoms with Crippen LogP contribution in [0.3, 0.4) is 0 Å². The van der Waals surface area contributed by atoms with Crippen LogP contribution in [-0.4, -0.2) is 38.1 Å². The van der Waals surface area contributed by atoms with E-state index in [0.29, 0.717) is 4.48 Å². The molecule has 0 aliphatic rings. The van der Waals surface area contributed by atoms with Gasteiger partial charge in [-0.25, -0.2) is 0 Å². The number of rotatable bonds is 2.